The molecule has 92 valence electrons. The fourth-order valence-electron chi connectivity index (χ4n) is 2.14. The molecule has 0 aromatic heterocycles. The maximum atomic E-state index is 12.4. The van der Waals surface area contributed by atoms with E-state index in [1.165, 1.54) is 0 Å². The summed E-state index contributed by atoms with van der Waals surface area (Å²) in [4.78, 5) is 14.1. The minimum absolute atomic E-state index is 0.0457. The van der Waals surface area contributed by atoms with Crippen LogP contribution < -0.4 is 10.6 Å². The van der Waals surface area contributed by atoms with Gasteiger partial charge in [0.15, 0.2) is 0 Å². The molecule has 1 amide bonds. The van der Waals surface area contributed by atoms with Crippen molar-refractivity contribution in [1.29, 1.82) is 0 Å². The lowest BCUT2D eigenvalue weighted by atomic mass is 9.78. The van der Waals surface area contributed by atoms with Crippen molar-refractivity contribution >= 4 is 23.2 Å². The average Bonchev–Trinajstić information content (AvgIpc) is 2.29. The van der Waals surface area contributed by atoms with Crippen LogP contribution in [0, 0.1) is 5.41 Å². The number of nitrogens with zero attached hydrogens (tertiary/aromatic N) is 1. The zero-order valence-electron chi connectivity index (χ0n) is 10.1. The summed E-state index contributed by atoms with van der Waals surface area (Å²) in [6, 6.07) is 7.32. The van der Waals surface area contributed by atoms with E-state index in [1.54, 1.807) is 11.0 Å². The molecule has 0 radical (unpaired) electrons. The van der Waals surface area contributed by atoms with Crippen LogP contribution in [0.5, 0.6) is 0 Å². The van der Waals surface area contributed by atoms with E-state index >= 15 is 0 Å². The van der Waals surface area contributed by atoms with Crippen molar-refractivity contribution < 1.29 is 4.79 Å². The first-order valence-electron chi connectivity index (χ1n) is 5.76. The van der Waals surface area contributed by atoms with Gasteiger partial charge < -0.3 is 10.6 Å². The van der Waals surface area contributed by atoms with E-state index in [0.29, 0.717) is 11.6 Å². The van der Waals surface area contributed by atoms with Crippen LogP contribution in [-0.4, -0.2) is 18.5 Å². The van der Waals surface area contributed by atoms with Crippen molar-refractivity contribution in [1.82, 2.24) is 0 Å². The lowest BCUT2D eigenvalue weighted by Crippen LogP contribution is -2.56. The quantitative estimate of drug-likeness (QED) is 0.835. The summed E-state index contributed by atoms with van der Waals surface area (Å²) in [5, 5.41) is 0.604. The normalized spacial score (nSPS) is 23.9. The van der Waals surface area contributed by atoms with Crippen molar-refractivity contribution in [2.24, 2.45) is 11.1 Å². The van der Waals surface area contributed by atoms with Crippen molar-refractivity contribution in [2.45, 2.75) is 26.3 Å². The van der Waals surface area contributed by atoms with Crippen molar-refractivity contribution in [3.8, 4) is 0 Å². The number of amides is 1. The third-order valence-corrected chi connectivity index (χ3v) is 3.85. The Balaban J connectivity index is 2.36. The number of benzene rings is 1. The Bertz CT molecular complexity index is 445. The molecule has 1 heterocycles. The molecule has 1 aromatic carbocycles. The summed E-state index contributed by atoms with van der Waals surface area (Å²) in [7, 11) is 0. The van der Waals surface area contributed by atoms with Gasteiger partial charge in [0.25, 0.3) is 0 Å². The standard InChI is InChI=1S/C13H17ClN2O/c1-13(2)11(15)7-8-16(12(13)17)10-6-4-3-5-9(10)14/h3-6,11H,7-8,15H2,1-2H3. The highest BCUT2D eigenvalue weighted by Gasteiger charge is 2.42. The predicted molar refractivity (Wildman–Crippen MR) is 70.2 cm³/mol. The molecule has 1 aliphatic rings. The average molecular weight is 253 g/mol. The van der Waals surface area contributed by atoms with Gasteiger partial charge in [0.05, 0.1) is 16.1 Å². The smallest absolute Gasteiger partial charge is 0.234 e. The van der Waals surface area contributed by atoms with E-state index in [9.17, 15) is 4.79 Å². The molecule has 1 unspecified atom stereocenters. The number of nitrogens with two attached hydrogens (primary N) is 1. The van der Waals surface area contributed by atoms with Crippen molar-refractivity contribution in [3.05, 3.63) is 29.3 Å². The van der Waals surface area contributed by atoms with Crippen molar-refractivity contribution in [2.75, 3.05) is 11.4 Å². The Morgan fingerprint density at radius 3 is 2.71 bits per heavy atom. The summed E-state index contributed by atoms with van der Waals surface area (Å²) < 4.78 is 0. The van der Waals surface area contributed by atoms with Gasteiger partial charge in [-0.2, -0.15) is 0 Å². The van der Waals surface area contributed by atoms with E-state index in [1.807, 2.05) is 32.0 Å². The first-order chi connectivity index (χ1) is 7.94. The minimum Gasteiger partial charge on any atom is -0.327 e. The second-order valence-corrected chi connectivity index (χ2v) is 5.43. The van der Waals surface area contributed by atoms with Crippen molar-refractivity contribution in [3.63, 3.8) is 0 Å². The minimum atomic E-state index is -0.530. The molecule has 1 atom stereocenters. The third kappa shape index (κ3) is 2.05. The number of hydrogen-bond donors (Lipinski definition) is 1. The number of rotatable bonds is 1. The summed E-state index contributed by atoms with van der Waals surface area (Å²) in [6.07, 6.45) is 0.796. The largest absolute Gasteiger partial charge is 0.327 e. The predicted octanol–water partition coefficient (Wildman–Crippen LogP) is 2.43. The molecule has 1 fully saturated rings. The van der Waals surface area contributed by atoms with Gasteiger partial charge >= 0.3 is 0 Å². The van der Waals surface area contributed by atoms with Gasteiger partial charge in [-0.05, 0) is 32.4 Å². The Kier molecular flexibility index (Phi) is 3.15. The summed E-state index contributed by atoms with van der Waals surface area (Å²) in [6.45, 7) is 4.42. The highest BCUT2D eigenvalue weighted by Crippen LogP contribution is 2.35. The van der Waals surface area contributed by atoms with Gasteiger partial charge in [-0.25, -0.2) is 0 Å². The lowest BCUT2D eigenvalue weighted by Gasteiger charge is -2.41. The Morgan fingerprint density at radius 2 is 2.06 bits per heavy atom. The van der Waals surface area contributed by atoms with Gasteiger partial charge in [0, 0.05) is 12.6 Å². The molecule has 0 saturated carbocycles. The molecular weight excluding hydrogens is 236 g/mol. The van der Waals surface area contributed by atoms with Crippen LogP contribution in [0.25, 0.3) is 0 Å². The fraction of sp³-hybridized carbons (Fsp3) is 0.462. The van der Waals surface area contributed by atoms with E-state index in [2.05, 4.69) is 0 Å². The van der Waals surface area contributed by atoms with E-state index in [0.717, 1.165) is 12.1 Å². The molecule has 2 N–H and O–H groups in total. The molecule has 4 heteroatoms. The number of piperidine rings is 1. The molecule has 2 rings (SSSR count). The van der Waals surface area contributed by atoms with Gasteiger partial charge in [0.1, 0.15) is 0 Å². The molecule has 0 spiro atoms. The van der Waals surface area contributed by atoms with E-state index < -0.39 is 5.41 Å². The number of halogens is 1. The third-order valence-electron chi connectivity index (χ3n) is 3.53. The molecular formula is C13H17ClN2O. The van der Waals surface area contributed by atoms with Crippen LogP contribution in [0.3, 0.4) is 0 Å². The second-order valence-electron chi connectivity index (χ2n) is 5.03. The van der Waals surface area contributed by atoms with Crippen LogP contribution in [0.1, 0.15) is 20.3 Å². The highest BCUT2D eigenvalue weighted by molar-refractivity contribution is 6.33. The van der Waals surface area contributed by atoms with Crippen LogP contribution in [0.2, 0.25) is 5.02 Å². The van der Waals surface area contributed by atoms with Crippen LogP contribution >= 0.6 is 11.6 Å². The lowest BCUT2D eigenvalue weighted by molar-refractivity contribution is -0.129. The topological polar surface area (TPSA) is 46.3 Å². The first kappa shape index (κ1) is 12.4. The zero-order chi connectivity index (χ0) is 12.6. The van der Waals surface area contributed by atoms with Gasteiger partial charge in [-0.3, -0.25) is 4.79 Å². The Morgan fingerprint density at radius 1 is 1.41 bits per heavy atom. The monoisotopic (exact) mass is 252 g/mol. The number of carbonyl (C=O) groups excluding carboxylic acids is 1. The summed E-state index contributed by atoms with van der Waals surface area (Å²) in [5.41, 5.74) is 6.25. The summed E-state index contributed by atoms with van der Waals surface area (Å²) in [5.74, 6) is 0.0457. The first-order valence-corrected chi connectivity index (χ1v) is 6.14. The number of carbonyl (C=O) groups is 1. The van der Waals surface area contributed by atoms with Crippen LogP contribution in [-0.2, 0) is 4.79 Å². The number of anilines is 1. The van der Waals surface area contributed by atoms with E-state index in [4.69, 9.17) is 17.3 Å². The maximum absolute atomic E-state index is 12.4. The van der Waals surface area contributed by atoms with E-state index in [-0.39, 0.29) is 11.9 Å². The fourth-order valence-corrected chi connectivity index (χ4v) is 2.38. The molecule has 0 bridgehead atoms. The Hall–Kier alpha value is -1.06. The van der Waals surface area contributed by atoms with Crippen LogP contribution in [0.15, 0.2) is 24.3 Å². The maximum Gasteiger partial charge on any atom is 0.234 e. The molecule has 3 nitrogen and oxygen atoms in total. The molecule has 1 aromatic rings. The zero-order valence-corrected chi connectivity index (χ0v) is 10.9. The SMILES string of the molecule is CC1(C)C(=O)N(c2ccccc2Cl)CCC1N. The van der Waals surface area contributed by atoms with Gasteiger partial charge in [-0.1, -0.05) is 23.7 Å². The second kappa shape index (κ2) is 4.31. The van der Waals surface area contributed by atoms with Gasteiger partial charge in [0.2, 0.25) is 5.91 Å². The summed E-state index contributed by atoms with van der Waals surface area (Å²) >= 11 is 6.13. The van der Waals surface area contributed by atoms with Gasteiger partial charge in [-0.15, -0.1) is 0 Å². The highest BCUT2D eigenvalue weighted by atomic mass is 35.5. The molecule has 17 heavy (non-hydrogen) atoms. The molecule has 1 saturated heterocycles. The van der Waals surface area contributed by atoms with Crippen LogP contribution in [0.4, 0.5) is 5.69 Å². The Labute approximate surface area is 107 Å². The molecule has 0 aliphatic carbocycles. The molecule has 1 aliphatic heterocycles. The number of hydrogen-bond acceptors (Lipinski definition) is 2. The number of para-hydroxylation sites is 1.